The number of imidazole rings is 1. The largest absolute Gasteiger partial charge is 0.319 e. The zero-order chi connectivity index (χ0) is 16.1. The van der Waals surface area contributed by atoms with Gasteiger partial charge in [-0.1, -0.05) is 31.4 Å². The first-order chi connectivity index (χ1) is 11.2. The number of para-hydroxylation sites is 2. The highest BCUT2D eigenvalue weighted by atomic mass is 16.2. The van der Waals surface area contributed by atoms with Crippen molar-refractivity contribution < 1.29 is 4.79 Å². The molecular formula is C18H24N4O. The van der Waals surface area contributed by atoms with Crippen LogP contribution in [0.4, 0.5) is 0 Å². The third kappa shape index (κ3) is 3.97. The zero-order valence-corrected chi connectivity index (χ0v) is 13.7. The number of hydrogen-bond acceptors (Lipinski definition) is 3. The van der Waals surface area contributed by atoms with Crippen LogP contribution in [-0.4, -0.2) is 21.2 Å². The summed E-state index contributed by atoms with van der Waals surface area (Å²) in [6.07, 6.45) is 8.24. The van der Waals surface area contributed by atoms with Crippen LogP contribution in [-0.2, 0) is 11.3 Å². The number of nitrogens with one attached hydrogen (secondary N) is 1. The van der Waals surface area contributed by atoms with Gasteiger partial charge in [0.15, 0.2) is 0 Å². The average molecular weight is 312 g/mol. The van der Waals surface area contributed by atoms with Crippen LogP contribution >= 0.6 is 0 Å². The van der Waals surface area contributed by atoms with Crippen molar-refractivity contribution in [1.82, 2.24) is 15.0 Å². The SMILES string of the molecule is Cc1nc2ccccc2n1CC(=O)NN=C1CCCCCCC1. The molecule has 1 N–H and O–H groups in total. The minimum absolute atomic E-state index is 0.0918. The Balaban J connectivity index is 1.65. The molecule has 1 aliphatic carbocycles. The Kier molecular flexibility index (Phi) is 5.05. The molecule has 1 amide bonds. The van der Waals surface area contributed by atoms with E-state index in [4.69, 9.17) is 0 Å². The number of hydrazone groups is 1. The Morgan fingerprint density at radius 3 is 2.65 bits per heavy atom. The van der Waals surface area contributed by atoms with Crippen LogP contribution in [0.2, 0.25) is 0 Å². The molecule has 1 aromatic carbocycles. The highest BCUT2D eigenvalue weighted by Gasteiger charge is 2.11. The maximum absolute atomic E-state index is 12.2. The number of aromatic nitrogens is 2. The zero-order valence-electron chi connectivity index (χ0n) is 13.7. The van der Waals surface area contributed by atoms with Crippen LogP contribution < -0.4 is 5.43 Å². The van der Waals surface area contributed by atoms with Gasteiger partial charge in [-0.3, -0.25) is 4.79 Å². The van der Waals surface area contributed by atoms with Gasteiger partial charge < -0.3 is 4.57 Å². The van der Waals surface area contributed by atoms with Crippen molar-refractivity contribution in [3.63, 3.8) is 0 Å². The predicted molar refractivity (Wildman–Crippen MR) is 92.4 cm³/mol. The number of rotatable bonds is 3. The molecule has 0 spiro atoms. The Bertz CT molecular complexity index is 707. The molecule has 0 aliphatic heterocycles. The van der Waals surface area contributed by atoms with Crippen molar-refractivity contribution in [2.24, 2.45) is 5.10 Å². The van der Waals surface area contributed by atoms with E-state index in [-0.39, 0.29) is 12.5 Å². The van der Waals surface area contributed by atoms with Crippen molar-refractivity contribution in [1.29, 1.82) is 0 Å². The number of benzene rings is 1. The van der Waals surface area contributed by atoms with Crippen molar-refractivity contribution in [3.8, 4) is 0 Å². The Morgan fingerprint density at radius 2 is 1.87 bits per heavy atom. The van der Waals surface area contributed by atoms with Crippen molar-refractivity contribution in [2.45, 2.75) is 58.4 Å². The lowest BCUT2D eigenvalue weighted by Crippen LogP contribution is -2.25. The van der Waals surface area contributed by atoms with E-state index in [1.807, 2.05) is 35.8 Å². The van der Waals surface area contributed by atoms with Gasteiger partial charge >= 0.3 is 0 Å². The van der Waals surface area contributed by atoms with E-state index in [0.717, 1.165) is 35.4 Å². The van der Waals surface area contributed by atoms with Gasteiger partial charge in [0.25, 0.3) is 5.91 Å². The molecule has 0 saturated heterocycles. The first kappa shape index (κ1) is 15.7. The average Bonchev–Trinajstić information content (AvgIpc) is 2.82. The van der Waals surface area contributed by atoms with Crippen LogP contribution in [0.3, 0.4) is 0 Å². The molecule has 5 nitrogen and oxygen atoms in total. The quantitative estimate of drug-likeness (QED) is 0.881. The van der Waals surface area contributed by atoms with Gasteiger partial charge in [-0.05, 0) is 44.7 Å². The van der Waals surface area contributed by atoms with Crippen molar-refractivity contribution in [3.05, 3.63) is 30.1 Å². The molecule has 0 unspecified atom stereocenters. The van der Waals surface area contributed by atoms with E-state index in [1.54, 1.807) is 0 Å². The molecule has 1 heterocycles. The summed E-state index contributed by atoms with van der Waals surface area (Å²) >= 11 is 0. The van der Waals surface area contributed by atoms with Crippen LogP contribution in [0.15, 0.2) is 29.4 Å². The lowest BCUT2D eigenvalue weighted by atomic mass is 9.99. The first-order valence-corrected chi connectivity index (χ1v) is 8.50. The highest BCUT2D eigenvalue weighted by molar-refractivity contribution is 5.87. The molecule has 122 valence electrons. The topological polar surface area (TPSA) is 59.3 Å². The summed E-state index contributed by atoms with van der Waals surface area (Å²) in [6.45, 7) is 2.18. The monoisotopic (exact) mass is 312 g/mol. The summed E-state index contributed by atoms with van der Waals surface area (Å²) < 4.78 is 1.93. The number of fused-ring (bicyclic) bond motifs is 1. The molecule has 0 bridgehead atoms. The van der Waals surface area contributed by atoms with E-state index in [0.29, 0.717) is 0 Å². The van der Waals surface area contributed by atoms with E-state index >= 15 is 0 Å². The van der Waals surface area contributed by atoms with Crippen LogP contribution in [0.1, 0.15) is 50.8 Å². The molecular weight excluding hydrogens is 288 g/mol. The first-order valence-electron chi connectivity index (χ1n) is 8.50. The fourth-order valence-electron chi connectivity index (χ4n) is 3.14. The van der Waals surface area contributed by atoms with Crippen LogP contribution in [0, 0.1) is 6.92 Å². The van der Waals surface area contributed by atoms with Crippen LogP contribution in [0.5, 0.6) is 0 Å². The summed E-state index contributed by atoms with van der Waals surface area (Å²) in [5, 5.41) is 4.36. The molecule has 2 aromatic rings. The van der Waals surface area contributed by atoms with E-state index in [9.17, 15) is 4.79 Å². The van der Waals surface area contributed by atoms with Crippen molar-refractivity contribution >= 4 is 22.7 Å². The maximum atomic E-state index is 12.2. The summed E-state index contributed by atoms with van der Waals surface area (Å²) in [4.78, 5) is 16.7. The number of carbonyl (C=O) groups excluding carboxylic acids is 1. The molecule has 1 aromatic heterocycles. The fraction of sp³-hybridized carbons (Fsp3) is 0.500. The van der Waals surface area contributed by atoms with Gasteiger partial charge in [0, 0.05) is 5.71 Å². The minimum atomic E-state index is -0.0918. The molecule has 0 radical (unpaired) electrons. The number of carbonyl (C=O) groups is 1. The predicted octanol–water partition coefficient (Wildman–Crippen LogP) is 3.56. The maximum Gasteiger partial charge on any atom is 0.260 e. The molecule has 1 saturated carbocycles. The highest BCUT2D eigenvalue weighted by Crippen LogP contribution is 2.16. The van der Waals surface area contributed by atoms with E-state index in [2.05, 4.69) is 15.5 Å². The summed E-state index contributed by atoms with van der Waals surface area (Å²) in [6, 6.07) is 7.88. The lowest BCUT2D eigenvalue weighted by Gasteiger charge is -2.11. The molecule has 3 rings (SSSR count). The summed E-state index contributed by atoms with van der Waals surface area (Å²) in [5.74, 6) is 0.755. The Hall–Kier alpha value is -2.17. The van der Waals surface area contributed by atoms with Gasteiger partial charge in [0.1, 0.15) is 12.4 Å². The van der Waals surface area contributed by atoms with Gasteiger partial charge in [-0.25, -0.2) is 10.4 Å². The van der Waals surface area contributed by atoms with Gasteiger partial charge in [-0.15, -0.1) is 0 Å². The van der Waals surface area contributed by atoms with Crippen molar-refractivity contribution in [2.75, 3.05) is 0 Å². The van der Waals surface area contributed by atoms with Crippen LogP contribution in [0.25, 0.3) is 11.0 Å². The van der Waals surface area contributed by atoms with Gasteiger partial charge in [0.2, 0.25) is 0 Å². The molecule has 1 aliphatic rings. The Labute approximate surface area is 136 Å². The second-order valence-electron chi connectivity index (χ2n) is 6.21. The standard InChI is InChI=1S/C18H24N4O/c1-14-19-16-11-7-8-12-17(16)22(14)13-18(23)21-20-15-9-5-3-2-4-6-10-15/h7-8,11-12H,2-6,9-10,13H2,1H3,(H,21,23). The normalized spacial score (nSPS) is 16.0. The number of aryl methyl sites for hydroxylation is 1. The van der Waals surface area contributed by atoms with Gasteiger partial charge in [-0.2, -0.15) is 5.10 Å². The summed E-state index contributed by atoms with van der Waals surface area (Å²) in [5.41, 5.74) is 5.77. The fourth-order valence-corrected chi connectivity index (χ4v) is 3.14. The molecule has 1 fully saturated rings. The molecule has 5 heteroatoms. The van der Waals surface area contributed by atoms with E-state index in [1.165, 1.54) is 32.1 Å². The molecule has 0 atom stereocenters. The second-order valence-corrected chi connectivity index (χ2v) is 6.21. The minimum Gasteiger partial charge on any atom is -0.319 e. The van der Waals surface area contributed by atoms with E-state index < -0.39 is 0 Å². The second kappa shape index (κ2) is 7.40. The lowest BCUT2D eigenvalue weighted by molar-refractivity contribution is -0.121. The third-order valence-electron chi connectivity index (χ3n) is 4.42. The number of amides is 1. The smallest absolute Gasteiger partial charge is 0.260 e. The third-order valence-corrected chi connectivity index (χ3v) is 4.42. The molecule has 23 heavy (non-hydrogen) atoms. The number of hydrogen-bond donors (Lipinski definition) is 1. The summed E-state index contributed by atoms with van der Waals surface area (Å²) in [7, 11) is 0. The van der Waals surface area contributed by atoms with Gasteiger partial charge in [0.05, 0.1) is 11.0 Å². The number of nitrogens with zero attached hydrogens (tertiary/aromatic N) is 3. The Morgan fingerprint density at radius 1 is 1.17 bits per heavy atom.